The molecule has 0 aliphatic carbocycles. The Morgan fingerprint density at radius 1 is 1.25 bits per heavy atom. The van der Waals surface area contributed by atoms with E-state index in [9.17, 15) is 9.59 Å². The van der Waals surface area contributed by atoms with Gasteiger partial charge < -0.3 is 16.4 Å². The van der Waals surface area contributed by atoms with E-state index >= 15 is 0 Å². The molecule has 1 aromatic carbocycles. The van der Waals surface area contributed by atoms with Gasteiger partial charge in [0, 0.05) is 18.3 Å². The molecule has 0 bridgehead atoms. The molecule has 0 saturated carbocycles. The zero-order valence-electron chi connectivity index (χ0n) is 11.0. The molecule has 0 unspecified atom stereocenters. The molecule has 20 heavy (non-hydrogen) atoms. The van der Waals surface area contributed by atoms with Crippen molar-refractivity contribution in [2.45, 2.75) is 13.8 Å². The van der Waals surface area contributed by atoms with E-state index in [2.05, 4.69) is 26.0 Å². The van der Waals surface area contributed by atoms with Crippen molar-refractivity contribution >= 4 is 29.0 Å². The molecule has 2 rings (SSSR count). The lowest BCUT2D eigenvalue weighted by molar-refractivity contribution is -0.114. The number of hydrogen-bond acceptors (Lipinski definition) is 5. The number of rotatable bonds is 3. The van der Waals surface area contributed by atoms with E-state index < -0.39 is 5.91 Å². The molecule has 8 nitrogen and oxygen atoms in total. The number of aryl methyl sites for hydroxylation is 1. The molecule has 0 fully saturated rings. The van der Waals surface area contributed by atoms with Gasteiger partial charge in [-0.05, 0) is 24.6 Å². The quantitative estimate of drug-likeness (QED) is 0.661. The zero-order valence-corrected chi connectivity index (χ0v) is 11.0. The van der Waals surface area contributed by atoms with Crippen molar-refractivity contribution in [3.63, 3.8) is 0 Å². The first-order valence-electron chi connectivity index (χ1n) is 5.83. The number of carbonyl (C=O) groups excluding carboxylic acids is 2. The molecule has 5 N–H and O–H groups in total. The van der Waals surface area contributed by atoms with Gasteiger partial charge >= 0.3 is 0 Å². The van der Waals surface area contributed by atoms with Gasteiger partial charge in [0.2, 0.25) is 5.91 Å². The number of aromatic amines is 1. The van der Waals surface area contributed by atoms with Crippen LogP contribution in [-0.2, 0) is 4.79 Å². The highest BCUT2D eigenvalue weighted by molar-refractivity contribution is 6.06. The maximum Gasteiger partial charge on any atom is 0.280 e. The van der Waals surface area contributed by atoms with Crippen molar-refractivity contribution in [3.8, 4) is 0 Å². The topological polar surface area (TPSA) is 126 Å². The Bertz CT molecular complexity index is 664. The van der Waals surface area contributed by atoms with E-state index in [4.69, 9.17) is 5.73 Å². The second-order valence-electron chi connectivity index (χ2n) is 4.22. The maximum absolute atomic E-state index is 12.0. The van der Waals surface area contributed by atoms with Crippen LogP contribution in [0.2, 0.25) is 0 Å². The second-order valence-corrected chi connectivity index (χ2v) is 4.22. The monoisotopic (exact) mass is 274 g/mol. The van der Waals surface area contributed by atoms with Gasteiger partial charge in [-0.3, -0.25) is 9.59 Å². The van der Waals surface area contributed by atoms with E-state index in [0.29, 0.717) is 11.4 Å². The number of nitrogen functional groups attached to an aromatic ring is 1. The second kappa shape index (κ2) is 5.39. The van der Waals surface area contributed by atoms with Crippen molar-refractivity contribution in [2.24, 2.45) is 0 Å². The van der Waals surface area contributed by atoms with Gasteiger partial charge in [-0.25, -0.2) is 0 Å². The molecule has 1 heterocycles. The number of anilines is 3. The SMILES string of the molecule is CC(=O)Nc1ccc(C)c(NC(=O)c2n[nH]nc2N)c1. The number of H-pyrrole nitrogens is 1. The van der Waals surface area contributed by atoms with Crippen molar-refractivity contribution in [1.29, 1.82) is 0 Å². The Hall–Kier alpha value is -2.90. The number of aromatic nitrogens is 3. The predicted molar refractivity (Wildman–Crippen MR) is 74.2 cm³/mol. The van der Waals surface area contributed by atoms with Gasteiger partial charge in [-0.1, -0.05) is 6.07 Å². The summed E-state index contributed by atoms with van der Waals surface area (Å²) in [5.74, 6) is -0.635. The van der Waals surface area contributed by atoms with Crippen LogP contribution in [0.25, 0.3) is 0 Å². The number of carbonyl (C=O) groups is 2. The normalized spacial score (nSPS) is 10.1. The van der Waals surface area contributed by atoms with Crippen molar-refractivity contribution in [1.82, 2.24) is 15.4 Å². The van der Waals surface area contributed by atoms with Crippen molar-refractivity contribution in [3.05, 3.63) is 29.5 Å². The highest BCUT2D eigenvalue weighted by Crippen LogP contribution is 2.21. The number of amides is 2. The van der Waals surface area contributed by atoms with E-state index in [0.717, 1.165) is 5.56 Å². The van der Waals surface area contributed by atoms with Crippen LogP contribution < -0.4 is 16.4 Å². The smallest absolute Gasteiger partial charge is 0.280 e. The average Bonchev–Trinajstić information content (AvgIpc) is 2.79. The van der Waals surface area contributed by atoms with E-state index in [1.165, 1.54) is 6.92 Å². The lowest BCUT2D eigenvalue weighted by Crippen LogP contribution is -2.15. The molecule has 104 valence electrons. The first-order chi connectivity index (χ1) is 9.47. The van der Waals surface area contributed by atoms with Crippen LogP contribution >= 0.6 is 0 Å². The third kappa shape index (κ3) is 2.91. The molecule has 2 aromatic rings. The number of benzene rings is 1. The minimum absolute atomic E-state index is 0.0225. The first-order valence-corrected chi connectivity index (χ1v) is 5.83. The third-order valence-electron chi connectivity index (χ3n) is 2.60. The summed E-state index contributed by atoms with van der Waals surface area (Å²) in [4.78, 5) is 23.0. The Morgan fingerprint density at radius 2 is 2.00 bits per heavy atom. The van der Waals surface area contributed by atoms with Crippen LogP contribution in [-0.4, -0.2) is 27.2 Å². The zero-order chi connectivity index (χ0) is 14.7. The lowest BCUT2D eigenvalue weighted by atomic mass is 10.1. The number of nitrogens with zero attached hydrogens (tertiary/aromatic N) is 2. The lowest BCUT2D eigenvalue weighted by Gasteiger charge is -2.10. The fraction of sp³-hybridized carbons (Fsp3) is 0.167. The molecule has 0 saturated heterocycles. The van der Waals surface area contributed by atoms with Crippen LogP contribution in [0.1, 0.15) is 23.0 Å². The number of hydrogen-bond donors (Lipinski definition) is 4. The van der Waals surface area contributed by atoms with E-state index in [1.807, 2.05) is 6.92 Å². The molecular formula is C12H14N6O2. The number of nitrogens with one attached hydrogen (secondary N) is 3. The summed E-state index contributed by atoms with van der Waals surface area (Å²) < 4.78 is 0. The van der Waals surface area contributed by atoms with Crippen molar-refractivity contribution < 1.29 is 9.59 Å². The average molecular weight is 274 g/mol. The molecule has 0 aliphatic heterocycles. The highest BCUT2D eigenvalue weighted by atomic mass is 16.2. The Balaban J connectivity index is 2.22. The molecule has 0 aliphatic rings. The maximum atomic E-state index is 12.0. The number of nitrogens with two attached hydrogens (primary N) is 1. The summed E-state index contributed by atoms with van der Waals surface area (Å²) in [5.41, 5.74) is 7.52. The van der Waals surface area contributed by atoms with Crippen LogP contribution in [0.5, 0.6) is 0 Å². The van der Waals surface area contributed by atoms with Crippen LogP contribution in [0, 0.1) is 6.92 Å². The van der Waals surface area contributed by atoms with Gasteiger partial charge in [0.1, 0.15) is 0 Å². The van der Waals surface area contributed by atoms with Gasteiger partial charge in [-0.2, -0.15) is 5.21 Å². The Labute approximate surface area is 114 Å². The van der Waals surface area contributed by atoms with Gasteiger partial charge in [0.05, 0.1) is 0 Å². The minimum atomic E-state index is -0.473. The molecule has 1 aromatic heterocycles. The Morgan fingerprint density at radius 3 is 2.60 bits per heavy atom. The minimum Gasteiger partial charge on any atom is -0.380 e. The molecule has 0 spiro atoms. The van der Waals surface area contributed by atoms with Gasteiger partial charge in [-0.15, -0.1) is 10.2 Å². The molecule has 0 radical (unpaired) electrons. The highest BCUT2D eigenvalue weighted by Gasteiger charge is 2.15. The van der Waals surface area contributed by atoms with Crippen LogP contribution in [0.3, 0.4) is 0 Å². The fourth-order valence-corrected chi connectivity index (χ4v) is 1.63. The summed E-state index contributed by atoms with van der Waals surface area (Å²) in [5, 5.41) is 14.8. The van der Waals surface area contributed by atoms with Crippen molar-refractivity contribution in [2.75, 3.05) is 16.4 Å². The summed E-state index contributed by atoms with van der Waals surface area (Å²) in [6.07, 6.45) is 0. The first kappa shape index (κ1) is 13.5. The third-order valence-corrected chi connectivity index (χ3v) is 2.60. The van der Waals surface area contributed by atoms with Gasteiger partial charge in [0.25, 0.3) is 5.91 Å². The largest absolute Gasteiger partial charge is 0.380 e. The summed E-state index contributed by atoms with van der Waals surface area (Å²) in [6.45, 7) is 3.24. The molecule has 0 atom stereocenters. The summed E-state index contributed by atoms with van der Waals surface area (Å²) in [7, 11) is 0. The van der Waals surface area contributed by atoms with E-state index in [-0.39, 0.29) is 17.4 Å². The fourth-order valence-electron chi connectivity index (χ4n) is 1.63. The van der Waals surface area contributed by atoms with Gasteiger partial charge in [0.15, 0.2) is 11.5 Å². The summed E-state index contributed by atoms with van der Waals surface area (Å²) >= 11 is 0. The molecule has 2 amide bonds. The molecule has 8 heteroatoms. The summed E-state index contributed by atoms with van der Waals surface area (Å²) in [6, 6.07) is 5.19. The standard InChI is InChI=1S/C12H14N6O2/c1-6-3-4-8(14-7(2)19)5-9(6)15-12(20)10-11(13)17-18-16-10/h3-5H,1-2H3,(H,14,19)(H,15,20)(H3,13,16,17,18). The van der Waals surface area contributed by atoms with Crippen LogP contribution in [0.15, 0.2) is 18.2 Å². The molecular weight excluding hydrogens is 260 g/mol. The Kier molecular flexibility index (Phi) is 3.65. The van der Waals surface area contributed by atoms with E-state index in [1.54, 1.807) is 18.2 Å². The predicted octanol–water partition coefficient (Wildman–Crippen LogP) is 0.906. The van der Waals surface area contributed by atoms with Crippen LogP contribution in [0.4, 0.5) is 17.2 Å².